The lowest BCUT2D eigenvalue weighted by atomic mass is 9.73. The molecule has 12 heteroatoms. The standard InChI is InChI=1S/C29H35ClN8OS2/c1-18-23(40-21-8-12-33-25(31-5)22(21)30)26-34-13-16-38(26)27(35-18)37-14-9-29(10-15-37)17-20-19(7-6-11-32-20)24(29)36-41(39)28(2,3)4/h6-8,11-13,16,24,36H,9-10,14-15,17H2,1-5H3,(H,31,33)/t24-,41?/m1/s1. The summed E-state index contributed by atoms with van der Waals surface area (Å²) in [6.07, 6.45) is 10.2. The Balaban J connectivity index is 1.28. The molecule has 0 bridgehead atoms. The average molecular weight is 611 g/mol. The molecule has 1 aliphatic carbocycles. The highest BCUT2D eigenvalue weighted by molar-refractivity contribution is 7.99. The normalized spacial score (nSPS) is 19.1. The van der Waals surface area contributed by atoms with Crippen molar-refractivity contribution in [3.63, 3.8) is 0 Å². The highest BCUT2D eigenvalue weighted by Crippen LogP contribution is 2.52. The van der Waals surface area contributed by atoms with E-state index in [4.69, 9.17) is 26.6 Å². The van der Waals surface area contributed by atoms with Crippen molar-refractivity contribution in [1.29, 1.82) is 0 Å². The number of anilines is 2. The molecule has 0 saturated carbocycles. The second-order valence-corrected chi connectivity index (χ2v) is 15.2. The first-order valence-corrected chi connectivity index (χ1v) is 16.2. The Bertz CT molecular complexity index is 1580. The number of hydrogen-bond donors (Lipinski definition) is 2. The van der Waals surface area contributed by atoms with Gasteiger partial charge in [0.15, 0.2) is 5.65 Å². The van der Waals surface area contributed by atoms with Gasteiger partial charge in [-0.2, -0.15) is 0 Å². The maximum absolute atomic E-state index is 13.2. The summed E-state index contributed by atoms with van der Waals surface area (Å²) >= 11 is 6.99. The van der Waals surface area contributed by atoms with Gasteiger partial charge < -0.3 is 14.8 Å². The van der Waals surface area contributed by atoms with Gasteiger partial charge in [-0.15, -0.1) is 4.72 Å². The van der Waals surface area contributed by atoms with Crippen molar-refractivity contribution in [1.82, 2.24) is 29.1 Å². The molecule has 0 amide bonds. The molecule has 6 rings (SSSR count). The molecule has 2 aliphatic rings. The number of rotatable bonds is 6. The smallest absolute Gasteiger partial charge is 0.211 e. The molecule has 5 heterocycles. The third-order valence-corrected chi connectivity index (χ3v) is 11.4. The number of piperidine rings is 1. The minimum absolute atomic E-state index is 0.00255. The van der Waals surface area contributed by atoms with E-state index in [1.54, 1.807) is 18.0 Å². The molecule has 1 spiro atoms. The monoisotopic (exact) mass is 610 g/mol. The summed E-state index contributed by atoms with van der Waals surface area (Å²) in [6.45, 7) is 9.74. The number of fused-ring (bicyclic) bond motifs is 2. The van der Waals surface area contributed by atoms with Crippen LogP contribution in [-0.2, 0) is 17.8 Å². The number of halogens is 1. The van der Waals surface area contributed by atoms with Gasteiger partial charge in [0.25, 0.3) is 0 Å². The zero-order chi connectivity index (χ0) is 28.9. The Morgan fingerprint density at radius 1 is 1.12 bits per heavy atom. The minimum Gasteiger partial charge on any atom is -0.598 e. The summed E-state index contributed by atoms with van der Waals surface area (Å²) in [5.74, 6) is 1.53. The molecule has 4 aromatic heterocycles. The Morgan fingerprint density at radius 2 is 1.90 bits per heavy atom. The van der Waals surface area contributed by atoms with Crippen LogP contribution in [0.5, 0.6) is 0 Å². The summed E-state index contributed by atoms with van der Waals surface area (Å²) in [5.41, 5.74) is 4.01. The second-order valence-electron chi connectivity index (χ2n) is 11.8. The Labute approximate surface area is 253 Å². The molecule has 41 heavy (non-hydrogen) atoms. The van der Waals surface area contributed by atoms with E-state index >= 15 is 0 Å². The van der Waals surface area contributed by atoms with Crippen molar-refractivity contribution in [3.8, 4) is 0 Å². The van der Waals surface area contributed by atoms with E-state index in [1.807, 2.05) is 65.5 Å². The van der Waals surface area contributed by atoms with Crippen LogP contribution in [0, 0.1) is 12.3 Å². The van der Waals surface area contributed by atoms with Crippen molar-refractivity contribution in [2.24, 2.45) is 5.41 Å². The lowest BCUT2D eigenvalue weighted by molar-refractivity contribution is 0.175. The summed E-state index contributed by atoms with van der Waals surface area (Å²) in [5, 5.41) is 3.62. The van der Waals surface area contributed by atoms with E-state index in [0.717, 1.165) is 65.1 Å². The van der Waals surface area contributed by atoms with Crippen LogP contribution >= 0.6 is 23.4 Å². The van der Waals surface area contributed by atoms with Crippen LogP contribution in [-0.4, -0.2) is 53.8 Å². The zero-order valence-electron chi connectivity index (χ0n) is 23.9. The fourth-order valence-corrected chi connectivity index (χ4v) is 8.13. The number of imidazole rings is 1. The first-order chi connectivity index (χ1) is 19.6. The summed E-state index contributed by atoms with van der Waals surface area (Å²) in [4.78, 5) is 23.1. The lowest BCUT2D eigenvalue weighted by Gasteiger charge is -2.44. The van der Waals surface area contributed by atoms with Crippen LogP contribution < -0.4 is 14.9 Å². The molecule has 2 atom stereocenters. The van der Waals surface area contributed by atoms with Gasteiger partial charge in [-0.05, 0) is 64.7 Å². The molecule has 1 fully saturated rings. The van der Waals surface area contributed by atoms with E-state index in [-0.39, 0.29) is 16.2 Å². The third-order valence-electron chi connectivity index (χ3n) is 8.15. The lowest BCUT2D eigenvalue weighted by Crippen LogP contribution is -2.50. The van der Waals surface area contributed by atoms with Crippen molar-refractivity contribution >= 4 is 52.1 Å². The number of aromatic nitrogens is 5. The van der Waals surface area contributed by atoms with Crippen LogP contribution in [0.25, 0.3) is 5.65 Å². The average Bonchev–Trinajstić information content (AvgIpc) is 3.55. The van der Waals surface area contributed by atoms with Crippen LogP contribution in [0.3, 0.4) is 0 Å². The maximum Gasteiger partial charge on any atom is 0.211 e. The van der Waals surface area contributed by atoms with Crippen LogP contribution in [0.15, 0.2) is 52.8 Å². The highest BCUT2D eigenvalue weighted by Gasteiger charge is 2.51. The van der Waals surface area contributed by atoms with Gasteiger partial charge in [0, 0.05) is 72.3 Å². The third kappa shape index (κ3) is 5.16. The SMILES string of the molecule is CNc1nccc(Sc2c(C)nc(N3CCC4(CC3)Cc3ncccc3[C@H]4N[S+]([O-])C(C)(C)C)n3ccnc23)c1Cl. The van der Waals surface area contributed by atoms with Gasteiger partial charge in [-0.1, -0.05) is 29.4 Å². The molecule has 4 aromatic rings. The molecule has 1 saturated heterocycles. The van der Waals surface area contributed by atoms with E-state index < -0.39 is 11.4 Å². The molecule has 0 aromatic carbocycles. The predicted octanol–water partition coefficient (Wildman–Crippen LogP) is 5.61. The Hall–Kier alpha value is -2.57. The van der Waals surface area contributed by atoms with Gasteiger partial charge in [-0.3, -0.25) is 9.38 Å². The van der Waals surface area contributed by atoms with Crippen molar-refractivity contribution in [2.75, 3.05) is 30.4 Å². The molecule has 1 unspecified atom stereocenters. The van der Waals surface area contributed by atoms with Gasteiger partial charge in [0.1, 0.15) is 10.6 Å². The van der Waals surface area contributed by atoms with Crippen LogP contribution in [0.2, 0.25) is 5.02 Å². The Morgan fingerprint density at radius 3 is 2.63 bits per heavy atom. The van der Waals surface area contributed by atoms with Crippen LogP contribution in [0.1, 0.15) is 56.6 Å². The zero-order valence-corrected chi connectivity index (χ0v) is 26.3. The summed E-state index contributed by atoms with van der Waals surface area (Å²) < 4.78 is 18.5. The fourth-order valence-electron chi connectivity index (χ4n) is 5.90. The topological polar surface area (TPSA) is 106 Å². The largest absolute Gasteiger partial charge is 0.598 e. The second kappa shape index (κ2) is 10.9. The van der Waals surface area contributed by atoms with Gasteiger partial charge in [0.2, 0.25) is 5.95 Å². The highest BCUT2D eigenvalue weighted by atomic mass is 35.5. The maximum atomic E-state index is 13.2. The van der Waals surface area contributed by atoms with Crippen molar-refractivity contribution in [3.05, 3.63) is 65.0 Å². The van der Waals surface area contributed by atoms with Crippen molar-refractivity contribution in [2.45, 2.75) is 67.5 Å². The summed E-state index contributed by atoms with van der Waals surface area (Å²) in [7, 11) is 1.81. The van der Waals surface area contributed by atoms with Gasteiger partial charge in [0.05, 0.1) is 21.7 Å². The number of nitrogens with one attached hydrogen (secondary N) is 2. The molecule has 2 N–H and O–H groups in total. The van der Waals surface area contributed by atoms with Crippen LogP contribution in [0.4, 0.5) is 11.8 Å². The van der Waals surface area contributed by atoms with E-state index in [2.05, 4.69) is 30.4 Å². The quantitative estimate of drug-likeness (QED) is 0.269. The summed E-state index contributed by atoms with van der Waals surface area (Å²) in [6, 6.07) is 6.05. The molecule has 0 radical (unpaired) electrons. The molecular formula is C29H35ClN8OS2. The fraction of sp³-hybridized carbons (Fsp3) is 0.448. The number of aryl methyl sites for hydroxylation is 1. The van der Waals surface area contributed by atoms with Gasteiger partial charge >= 0.3 is 0 Å². The van der Waals surface area contributed by atoms with E-state index in [1.165, 1.54) is 5.56 Å². The molecule has 216 valence electrons. The molecule has 9 nitrogen and oxygen atoms in total. The van der Waals surface area contributed by atoms with E-state index in [0.29, 0.717) is 10.8 Å². The predicted molar refractivity (Wildman–Crippen MR) is 166 cm³/mol. The van der Waals surface area contributed by atoms with Gasteiger partial charge in [-0.25, -0.2) is 15.0 Å². The Kier molecular flexibility index (Phi) is 7.61. The minimum atomic E-state index is -1.18. The van der Waals surface area contributed by atoms with E-state index in [9.17, 15) is 4.55 Å². The number of nitrogens with zero attached hydrogens (tertiary/aromatic N) is 6. The molecule has 1 aliphatic heterocycles. The first-order valence-electron chi connectivity index (χ1n) is 13.8. The molecular weight excluding hydrogens is 576 g/mol. The number of hydrogen-bond acceptors (Lipinski definition) is 9. The van der Waals surface area contributed by atoms with Crippen molar-refractivity contribution < 1.29 is 4.55 Å². The number of pyridine rings is 2. The first kappa shape index (κ1) is 28.5.